The molecule has 28 heavy (non-hydrogen) atoms. The third kappa shape index (κ3) is 3.43. The largest absolute Gasteiger partial charge is 0.481 e. The first-order valence-electron chi connectivity index (χ1n) is 7.92. The van der Waals surface area contributed by atoms with Crippen LogP contribution in [-0.4, -0.2) is 32.2 Å². The average molecular weight is 442 g/mol. The van der Waals surface area contributed by atoms with Crippen molar-refractivity contribution < 1.29 is 23.5 Å². The summed E-state index contributed by atoms with van der Waals surface area (Å²) in [5, 5.41) is 8.97. The molecule has 0 spiro atoms. The van der Waals surface area contributed by atoms with Gasteiger partial charge in [-0.05, 0) is 18.2 Å². The summed E-state index contributed by atoms with van der Waals surface area (Å²) in [7, 11) is 0. The summed E-state index contributed by atoms with van der Waals surface area (Å²) in [6, 6.07) is 4.04. The number of thioether (sulfide) groups is 1. The van der Waals surface area contributed by atoms with Crippen LogP contribution in [0.2, 0.25) is 5.02 Å². The van der Waals surface area contributed by atoms with Crippen molar-refractivity contribution in [3.8, 4) is 0 Å². The lowest BCUT2D eigenvalue weighted by Gasteiger charge is -2.31. The normalized spacial score (nSPS) is 16.5. The standard InChI is InChI=1S/C17H10ClF2N3O3S2/c18-7-3-10-16(21-5-7)23(17(26)11(27-10)4-13(24)25)6-12-22-15-9(28-12)2-1-8(19)14(15)20/h1-3,5,11H,4,6H2,(H,24,25). The lowest BCUT2D eigenvalue weighted by atomic mass is 10.2. The maximum absolute atomic E-state index is 13.9. The van der Waals surface area contributed by atoms with E-state index in [9.17, 15) is 18.4 Å². The second kappa shape index (κ2) is 7.26. The molecule has 0 saturated carbocycles. The van der Waals surface area contributed by atoms with Crippen molar-refractivity contribution >= 4 is 62.6 Å². The number of carbonyl (C=O) groups excluding carboxylic acids is 1. The van der Waals surface area contributed by atoms with Gasteiger partial charge in [-0.25, -0.2) is 18.7 Å². The third-order valence-electron chi connectivity index (χ3n) is 4.02. The van der Waals surface area contributed by atoms with E-state index < -0.39 is 28.8 Å². The maximum atomic E-state index is 13.9. The van der Waals surface area contributed by atoms with Crippen molar-refractivity contribution in [2.45, 2.75) is 23.1 Å². The number of pyridine rings is 1. The number of aliphatic carboxylic acids is 1. The zero-order valence-electron chi connectivity index (χ0n) is 13.9. The van der Waals surface area contributed by atoms with Crippen molar-refractivity contribution in [2.75, 3.05) is 4.90 Å². The minimum atomic E-state index is -1.11. The van der Waals surface area contributed by atoms with Gasteiger partial charge in [-0.15, -0.1) is 23.1 Å². The smallest absolute Gasteiger partial charge is 0.305 e. The van der Waals surface area contributed by atoms with Crippen LogP contribution in [0.25, 0.3) is 10.2 Å². The second-order valence-electron chi connectivity index (χ2n) is 5.92. The number of carbonyl (C=O) groups is 2. The third-order valence-corrected chi connectivity index (χ3v) is 6.43. The zero-order chi connectivity index (χ0) is 20.0. The zero-order valence-corrected chi connectivity index (χ0v) is 16.2. The van der Waals surface area contributed by atoms with Crippen molar-refractivity contribution in [3.05, 3.63) is 46.1 Å². The summed E-state index contributed by atoms with van der Waals surface area (Å²) in [5.74, 6) is -3.28. The summed E-state index contributed by atoms with van der Waals surface area (Å²) in [6.07, 6.45) is 1.01. The van der Waals surface area contributed by atoms with Crippen molar-refractivity contribution in [3.63, 3.8) is 0 Å². The number of nitrogens with zero attached hydrogens (tertiary/aromatic N) is 3. The molecule has 11 heteroatoms. The average Bonchev–Trinajstić information content (AvgIpc) is 3.05. The Kier molecular flexibility index (Phi) is 4.94. The quantitative estimate of drug-likeness (QED) is 0.656. The molecule has 1 aliphatic heterocycles. The number of aromatic nitrogens is 2. The van der Waals surface area contributed by atoms with Gasteiger partial charge >= 0.3 is 5.97 Å². The van der Waals surface area contributed by atoms with E-state index in [1.807, 2.05) is 0 Å². The Balaban J connectivity index is 1.74. The predicted molar refractivity (Wildman–Crippen MR) is 102 cm³/mol. The number of thiazole rings is 1. The van der Waals surface area contributed by atoms with Crippen LogP contribution in [0.4, 0.5) is 14.6 Å². The maximum Gasteiger partial charge on any atom is 0.305 e. The van der Waals surface area contributed by atoms with Crippen molar-refractivity contribution in [1.82, 2.24) is 9.97 Å². The van der Waals surface area contributed by atoms with Crippen LogP contribution >= 0.6 is 34.7 Å². The van der Waals surface area contributed by atoms with Gasteiger partial charge < -0.3 is 5.11 Å². The highest BCUT2D eigenvalue weighted by Gasteiger charge is 2.36. The minimum absolute atomic E-state index is 0.0441. The Morgan fingerprint density at radius 3 is 2.89 bits per heavy atom. The number of amides is 1. The monoisotopic (exact) mass is 441 g/mol. The summed E-state index contributed by atoms with van der Waals surface area (Å²) in [4.78, 5) is 34.2. The molecule has 1 unspecified atom stereocenters. The fraction of sp³-hybridized carbons (Fsp3) is 0.176. The molecule has 4 rings (SSSR count). The molecule has 2 aromatic heterocycles. The van der Waals surface area contributed by atoms with Gasteiger partial charge in [0.2, 0.25) is 5.91 Å². The molecule has 0 bridgehead atoms. The minimum Gasteiger partial charge on any atom is -0.481 e. The number of carboxylic acids is 1. The van der Waals surface area contributed by atoms with Crippen molar-refractivity contribution in [2.24, 2.45) is 0 Å². The molecule has 1 N–H and O–H groups in total. The Morgan fingerprint density at radius 1 is 1.36 bits per heavy atom. The highest BCUT2D eigenvalue weighted by Crippen LogP contribution is 2.41. The molecular weight excluding hydrogens is 432 g/mol. The van der Waals surface area contributed by atoms with Gasteiger partial charge in [-0.3, -0.25) is 14.5 Å². The van der Waals surface area contributed by atoms with Gasteiger partial charge in [0.1, 0.15) is 16.3 Å². The number of anilines is 1. The summed E-state index contributed by atoms with van der Waals surface area (Å²) >= 11 is 8.18. The molecule has 6 nitrogen and oxygen atoms in total. The van der Waals surface area contributed by atoms with E-state index in [0.29, 0.717) is 25.4 Å². The molecule has 3 aromatic rings. The van der Waals surface area contributed by atoms with Gasteiger partial charge in [0, 0.05) is 6.20 Å². The Morgan fingerprint density at radius 2 is 2.14 bits per heavy atom. The Bertz CT molecular complexity index is 1120. The molecule has 0 radical (unpaired) electrons. The van der Waals surface area contributed by atoms with Crippen LogP contribution in [0.3, 0.4) is 0 Å². The number of hydrogen-bond acceptors (Lipinski definition) is 6. The topological polar surface area (TPSA) is 83.4 Å². The highest BCUT2D eigenvalue weighted by molar-refractivity contribution is 8.01. The van der Waals surface area contributed by atoms with Crippen LogP contribution in [0.15, 0.2) is 29.3 Å². The molecule has 1 aliphatic rings. The van der Waals surface area contributed by atoms with E-state index in [1.165, 1.54) is 17.2 Å². The van der Waals surface area contributed by atoms with Crippen LogP contribution in [-0.2, 0) is 16.1 Å². The molecule has 3 heterocycles. The van der Waals surface area contributed by atoms with Crippen LogP contribution < -0.4 is 4.90 Å². The molecule has 1 aromatic carbocycles. The van der Waals surface area contributed by atoms with Crippen molar-refractivity contribution in [1.29, 1.82) is 0 Å². The fourth-order valence-electron chi connectivity index (χ4n) is 2.81. The van der Waals surface area contributed by atoms with Gasteiger partial charge in [0.25, 0.3) is 0 Å². The number of fused-ring (bicyclic) bond motifs is 2. The summed E-state index contributed by atoms with van der Waals surface area (Å²) in [5.41, 5.74) is -0.106. The van der Waals surface area contributed by atoms with Crippen LogP contribution in [0.1, 0.15) is 11.4 Å². The highest BCUT2D eigenvalue weighted by atomic mass is 35.5. The Labute approximate surface area is 170 Å². The molecule has 1 atom stereocenters. The van der Waals surface area contributed by atoms with E-state index >= 15 is 0 Å². The van der Waals surface area contributed by atoms with E-state index in [4.69, 9.17) is 16.7 Å². The molecule has 0 aliphatic carbocycles. The SMILES string of the molecule is O=C(O)CC1Sc2cc(Cl)cnc2N(Cc2nc3c(F)c(F)ccc3s2)C1=O. The van der Waals surface area contributed by atoms with E-state index in [0.717, 1.165) is 29.2 Å². The fourth-order valence-corrected chi connectivity index (χ4v) is 5.21. The molecule has 0 saturated heterocycles. The molecule has 1 amide bonds. The first-order valence-corrected chi connectivity index (χ1v) is 9.99. The van der Waals surface area contributed by atoms with Gasteiger partial charge in [-0.1, -0.05) is 11.6 Å². The van der Waals surface area contributed by atoms with Crippen LogP contribution in [0, 0.1) is 11.6 Å². The number of carboxylic acid groups (broad SMARTS) is 1. The summed E-state index contributed by atoms with van der Waals surface area (Å²) < 4.78 is 27.8. The second-order valence-corrected chi connectivity index (χ2v) is 8.72. The van der Waals surface area contributed by atoms with Gasteiger partial charge in [0.05, 0.1) is 32.8 Å². The molecular formula is C17H10ClF2N3O3S2. The molecule has 144 valence electrons. The number of halogens is 3. The predicted octanol–water partition coefficient (Wildman–Crippen LogP) is 4.11. The van der Waals surface area contributed by atoms with Crippen LogP contribution in [0.5, 0.6) is 0 Å². The van der Waals surface area contributed by atoms with E-state index in [1.54, 1.807) is 6.07 Å². The number of hydrogen-bond donors (Lipinski definition) is 1. The van der Waals surface area contributed by atoms with E-state index in [-0.39, 0.29) is 18.5 Å². The van der Waals surface area contributed by atoms with E-state index in [2.05, 4.69) is 9.97 Å². The molecule has 0 fully saturated rings. The van der Waals surface area contributed by atoms with Gasteiger partial charge in [-0.2, -0.15) is 0 Å². The first kappa shape index (κ1) is 19.0. The Hall–Kier alpha value is -2.30. The lowest BCUT2D eigenvalue weighted by molar-refractivity contribution is -0.138. The number of benzene rings is 1. The summed E-state index contributed by atoms with van der Waals surface area (Å²) in [6.45, 7) is -0.0441. The first-order chi connectivity index (χ1) is 13.3. The number of rotatable bonds is 4. The lowest BCUT2D eigenvalue weighted by Crippen LogP contribution is -2.42. The van der Waals surface area contributed by atoms with Gasteiger partial charge in [0.15, 0.2) is 11.6 Å².